The highest BCUT2D eigenvalue weighted by molar-refractivity contribution is 7.92. The molecule has 0 radical (unpaired) electrons. The third kappa shape index (κ3) is 5.67. The van der Waals surface area contributed by atoms with E-state index in [1.165, 1.54) is 10.4 Å². The minimum atomic E-state index is -3.63. The van der Waals surface area contributed by atoms with Crippen molar-refractivity contribution in [3.05, 3.63) is 59.7 Å². The molecule has 2 aromatic rings. The number of nitrogens with zero attached hydrogens (tertiary/aromatic N) is 2. The largest absolute Gasteiger partial charge is 0.336 e. The molecule has 32 heavy (non-hydrogen) atoms. The zero-order valence-corrected chi connectivity index (χ0v) is 20.1. The van der Waals surface area contributed by atoms with Crippen LogP contribution >= 0.6 is 0 Å². The van der Waals surface area contributed by atoms with E-state index in [0.717, 1.165) is 18.2 Å². The fourth-order valence-corrected chi connectivity index (χ4v) is 5.57. The number of hydrogen-bond acceptors (Lipinski definition) is 5. The second kappa shape index (κ2) is 9.60. The number of hydrogen-bond donors (Lipinski definition) is 1. The molecule has 1 amide bonds. The maximum Gasteiger partial charge on any atom is 0.254 e. The topological polar surface area (TPSA) is 104 Å². The van der Waals surface area contributed by atoms with Crippen LogP contribution < -0.4 is 4.72 Å². The molecule has 3 rings (SSSR count). The van der Waals surface area contributed by atoms with E-state index in [1.807, 2.05) is 12.1 Å². The summed E-state index contributed by atoms with van der Waals surface area (Å²) in [7, 11) is -7.09. The molecular weight excluding hydrogens is 450 g/mol. The summed E-state index contributed by atoms with van der Waals surface area (Å²) in [6.07, 6.45) is 2.02. The van der Waals surface area contributed by atoms with Crippen LogP contribution in [0.4, 0.5) is 5.69 Å². The Labute approximate surface area is 190 Å². The molecule has 1 unspecified atom stereocenters. The number of anilines is 1. The first-order valence-electron chi connectivity index (χ1n) is 10.5. The number of benzene rings is 2. The maximum atomic E-state index is 13.0. The Morgan fingerprint density at radius 1 is 1.00 bits per heavy atom. The predicted molar refractivity (Wildman–Crippen MR) is 125 cm³/mol. The molecular formula is C22H29N3O5S2. The number of amides is 1. The van der Waals surface area contributed by atoms with Crippen molar-refractivity contribution in [2.24, 2.45) is 0 Å². The Morgan fingerprint density at radius 3 is 2.19 bits per heavy atom. The van der Waals surface area contributed by atoms with E-state index in [4.69, 9.17) is 0 Å². The molecule has 2 aromatic carbocycles. The molecule has 1 atom stereocenters. The summed E-state index contributed by atoms with van der Waals surface area (Å²) in [5.41, 5.74) is 1.76. The van der Waals surface area contributed by atoms with Crippen LogP contribution in [-0.2, 0) is 20.0 Å². The van der Waals surface area contributed by atoms with Crippen molar-refractivity contribution < 1.29 is 21.6 Å². The molecule has 1 aliphatic heterocycles. The van der Waals surface area contributed by atoms with E-state index in [9.17, 15) is 21.6 Å². The molecule has 0 bridgehead atoms. The van der Waals surface area contributed by atoms with Gasteiger partial charge in [0.25, 0.3) is 5.91 Å². The lowest BCUT2D eigenvalue weighted by molar-refractivity contribution is 0.0698. The van der Waals surface area contributed by atoms with E-state index < -0.39 is 20.0 Å². The average molecular weight is 480 g/mol. The molecule has 0 spiro atoms. The number of nitrogens with one attached hydrogen (secondary N) is 1. The molecule has 1 fully saturated rings. The Balaban J connectivity index is 1.67. The first-order chi connectivity index (χ1) is 15.0. The van der Waals surface area contributed by atoms with Crippen molar-refractivity contribution in [3.8, 4) is 0 Å². The van der Waals surface area contributed by atoms with Gasteiger partial charge in [0, 0.05) is 37.4 Å². The summed E-state index contributed by atoms with van der Waals surface area (Å²) in [5, 5.41) is 0. The summed E-state index contributed by atoms with van der Waals surface area (Å²) in [4.78, 5) is 14.7. The van der Waals surface area contributed by atoms with Crippen LogP contribution in [0.2, 0.25) is 0 Å². The summed E-state index contributed by atoms with van der Waals surface area (Å²) in [5.74, 6) is 0.101. The minimum Gasteiger partial charge on any atom is -0.336 e. The second-order valence-corrected chi connectivity index (χ2v) is 11.7. The molecule has 1 heterocycles. The van der Waals surface area contributed by atoms with Gasteiger partial charge in [-0.25, -0.2) is 16.8 Å². The monoisotopic (exact) mass is 479 g/mol. The van der Waals surface area contributed by atoms with Gasteiger partial charge in [-0.2, -0.15) is 4.31 Å². The molecule has 1 saturated heterocycles. The summed E-state index contributed by atoms with van der Waals surface area (Å²) in [6.45, 7) is 5.10. The highest BCUT2D eigenvalue weighted by atomic mass is 32.2. The van der Waals surface area contributed by atoms with Gasteiger partial charge in [-0.05, 0) is 48.2 Å². The molecule has 0 saturated carbocycles. The van der Waals surface area contributed by atoms with E-state index in [2.05, 4.69) is 18.6 Å². The van der Waals surface area contributed by atoms with Crippen LogP contribution in [-0.4, -0.2) is 64.4 Å². The number of carbonyl (C=O) groups is 1. The summed E-state index contributed by atoms with van der Waals surface area (Å²) in [6, 6.07) is 13.3. The third-order valence-electron chi connectivity index (χ3n) is 5.64. The third-order valence-corrected chi connectivity index (χ3v) is 8.16. The van der Waals surface area contributed by atoms with E-state index in [1.54, 1.807) is 35.2 Å². The van der Waals surface area contributed by atoms with Gasteiger partial charge in [0.1, 0.15) is 0 Å². The van der Waals surface area contributed by atoms with Crippen LogP contribution in [0.5, 0.6) is 0 Å². The molecule has 10 heteroatoms. The highest BCUT2D eigenvalue weighted by Gasteiger charge is 2.30. The predicted octanol–water partition coefficient (Wildman–Crippen LogP) is 2.72. The SMILES string of the molecule is CCC(C)c1ccc(S(=O)(=O)N2CCN(C(=O)c3cccc(NS(C)(=O)=O)c3)CC2)cc1. The van der Waals surface area contributed by atoms with Gasteiger partial charge >= 0.3 is 0 Å². The minimum absolute atomic E-state index is 0.197. The van der Waals surface area contributed by atoms with Gasteiger partial charge in [-0.3, -0.25) is 9.52 Å². The Hall–Kier alpha value is -2.43. The number of carbonyl (C=O) groups excluding carboxylic acids is 1. The fourth-order valence-electron chi connectivity index (χ4n) is 3.60. The molecule has 1 aliphatic rings. The van der Waals surface area contributed by atoms with E-state index in [0.29, 0.717) is 17.2 Å². The Kier molecular flexibility index (Phi) is 7.26. The highest BCUT2D eigenvalue weighted by Crippen LogP contribution is 2.23. The lowest BCUT2D eigenvalue weighted by Crippen LogP contribution is -2.50. The standard InChI is InChI=1S/C22H29N3O5S2/c1-4-17(2)18-8-10-21(11-9-18)32(29,30)25-14-12-24(13-15-25)22(26)19-6-5-7-20(16-19)23-31(3,27)28/h5-11,16-17,23H,4,12-15H2,1-3H3. The van der Waals surface area contributed by atoms with Gasteiger partial charge in [0.15, 0.2) is 0 Å². The van der Waals surface area contributed by atoms with Gasteiger partial charge in [0.05, 0.1) is 11.2 Å². The average Bonchev–Trinajstić information content (AvgIpc) is 2.77. The van der Waals surface area contributed by atoms with Crippen molar-refractivity contribution in [1.29, 1.82) is 0 Å². The lowest BCUT2D eigenvalue weighted by atomic mass is 9.99. The lowest BCUT2D eigenvalue weighted by Gasteiger charge is -2.34. The first-order valence-corrected chi connectivity index (χ1v) is 13.8. The van der Waals surface area contributed by atoms with Crippen molar-refractivity contribution in [2.75, 3.05) is 37.2 Å². The van der Waals surface area contributed by atoms with Crippen LogP contribution in [0.3, 0.4) is 0 Å². The molecule has 8 nitrogen and oxygen atoms in total. The van der Waals surface area contributed by atoms with Crippen LogP contribution in [0.1, 0.15) is 42.1 Å². The summed E-state index contributed by atoms with van der Waals surface area (Å²) >= 11 is 0. The fraction of sp³-hybridized carbons (Fsp3) is 0.409. The van der Waals surface area contributed by atoms with Gasteiger partial charge in [0.2, 0.25) is 20.0 Å². The Morgan fingerprint density at radius 2 is 1.62 bits per heavy atom. The number of piperazine rings is 1. The normalized spacial score (nSPS) is 16.5. The van der Waals surface area contributed by atoms with E-state index in [-0.39, 0.29) is 37.0 Å². The maximum absolute atomic E-state index is 13.0. The van der Waals surface area contributed by atoms with E-state index >= 15 is 0 Å². The van der Waals surface area contributed by atoms with Crippen LogP contribution in [0.25, 0.3) is 0 Å². The van der Waals surface area contributed by atoms with Gasteiger partial charge in [-0.15, -0.1) is 0 Å². The van der Waals surface area contributed by atoms with Crippen molar-refractivity contribution in [3.63, 3.8) is 0 Å². The van der Waals surface area contributed by atoms with Crippen molar-refractivity contribution >= 4 is 31.6 Å². The second-order valence-electron chi connectivity index (χ2n) is 8.03. The quantitative estimate of drug-likeness (QED) is 0.658. The van der Waals surface area contributed by atoms with Crippen molar-refractivity contribution in [1.82, 2.24) is 9.21 Å². The van der Waals surface area contributed by atoms with Gasteiger partial charge in [-0.1, -0.05) is 32.0 Å². The zero-order valence-electron chi connectivity index (χ0n) is 18.5. The van der Waals surface area contributed by atoms with Crippen LogP contribution in [0.15, 0.2) is 53.4 Å². The van der Waals surface area contributed by atoms with Crippen LogP contribution in [0, 0.1) is 0 Å². The first kappa shape index (κ1) is 24.2. The van der Waals surface area contributed by atoms with Crippen molar-refractivity contribution in [2.45, 2.75) is 31.1 Å². The number of rotatable bonds is 7. The number of sulfonamides is 2. The molecule has 0 aromatic heterocycles. The van der Waals surface area contributed by atoms with Gasteiger partial charge < -0.3 is 4.90 Å². The smallest absolute Gasteiger partial charge is 0.254 e. The zero-order chi connectivity index (χ0) is 23.5. The Bertz CT molecular complexity index is 1170. The molecule has 1 N–H and O–H groups in total. The molecule has 0 aliphatic carbocycles. The summed E-state index contributed by atoms with van der Waals surface area (Å²) < 4.78 is 52.6. The molecule has 174 valence electrons.